The Bertz CT molecular complexity index is 1040. The Labute approximate surface area is 167 Å². The monoisotopic (exact) mass is 400 g/mol. The van der Waals surface area contributed by atoms with Crippen LogP contribution in [0.5, 0.6) is 0 Å². The number of aromatic nitrogens is 2. The molecule has 0 radical (unpaired) electrons. The van der Waals surface area contributed by atoms with E-state index >= 15 is 0 Å². The minimum Gasteiger partial charge on any atom is -0.299 e. The summed E-state index contributed by atoms with van der Waals surface area (Å²) in [5.74, 6) is 0.738. The highest BCUT2D eigenvalue weighted by Crippen LogP contribution is 2.25. The van der Waals surface area contributed by atoms with Gasteiger partial charge in [0.15, 0.2) is 5.16 Å². The number of ketones is 1. The van der Waals surface area contributed by atoms with Crippen LogP contribution in [0.25, 0.3) is 16.6 Å². The molecule has 2 aromatic carbocycles. The van der Waals surface area contributed by atoms with E-state index in [2.05, 4.69) is 18.8 Å². The van der Waals surface area contributed by atoms with Gasteiger partial charge in [-0.05, 0) is 55.2 Å². The second-order valence-corrected chi connectivity index (χ2v) is 7.97. The van der Waals surface area contributed by atoms with E-state index in [9.17, 15) is 9.59 Å². The molecule has 0 aliphatic rings. The molecule has 1 atom stereocenters. The van der Waals surface area contributed by atoms with E-state index in [1.54, 1.807) is 22.8 Å². The van der Waals surface area contributed by atoms with Gasteiger partial charge in [0.1, 0.15) is 5.78 Å². The lowest BCUT2D eigenvalue weighted by Crippen LogP contribution is -2.22. The van der Waals surface area contributed by atoms with Gasteiger partial charge in [0.05, 0.1) is 22.3 Å². The van der Waals surface area contributed by atoms with Gasteiger partial charge in [0.2, 0.25) is 0 Å². The lowest BCUT2D eigenvalue weighted by molar-refractivity contribution is -0.114. The highest BCUT2D eigenvalue weighted by Gasteiger charge is 2.15. The summed E-state index contributed by atoms with van der Waals surface area (Å²) in [6, 6.07) is 13.0. The molecule has 1 aromatic heterocycles. The molecule has 0 N–H and O–H groups in total. The van der Waals surface area contributed by atoms with Gasteiger partial charge in [0.25, 0.3) is 5.56 Å². The zero-order valence-corrected chi connectivity index (χ0v) is 17.1. The van der Waals surface area contributed by atoms with Gasteiger partial charge in [0, 0.05) is 5.02 Å². The summed E-state index contributed by atoms with van der Waals surface area (Å²) < 4.78 is 1.57. The second-order valence-electron chi connectivity index (χ2n) is 6.59. The zero-order valence-electron chi connectivity index (χ0n) is 15.5. The third-order valence-electron chi connectivity index (χ3n) is 4.54. The van der Waals surface area contributed by atoms with E-state index in [0.717, 1.165) is 12.1 Å². The maximum Gasteiger partial charge on any atom is 0.266 e. The number of fused-ring (bicyclic) bond motifs is 1. The minimum absolute atomic E-state index is 0.0270. The van der Waals surface area contributed by atoms with Crippen molar-refractivity contribution in [1.29, 1.82) is 0 Å². The number of carbonyl (C=O) groups excluding carboxylic acids is 1. The molecule has 3 aromatic rings. The van der Waals surface area contributed by atoms with Crippen LogP contribution in [0.4, 0.5) is 0 Å². The Hall–Kier alpha value is -2.11. The van der Waals surface area contributed by atoms with Crippen molar-refractivity contribution in [2.24, 2.45) is 0 Å². The van der Waals surface area contributed by atoms with Crippen molar-refractivity contribution < 1.29 is 4.79 Å². The quantitative estimate of drug-likeness (QED) is 0.419. The summed E-state index contributed by atoms with van der Waals surface area (Å²) in [5, 5.41) is 1.51. The summed E-state index contributed by atoms with van der Waals surface area (Å²) in [6.07, 6.45) is 1.05. The third kappa shape index (κ3) is 4.25. The molecule has 140 valence electrons. The molecule has 0 aliphatic carbocycles. The smallest absolute Gasteiger partial charge is 0.266 e. The molecular weight excluding hydrogens is 380 g/mol. The van der Waals surface area contributed by atoms with E-state index in [4.69, 9.17) is 11.6 Å². The van der Waals surface area contributed by atoms with Crippen molar-refractivity contribution in [2.75, 3.05) is 5.75 Å². The van der Waals surface area contributed by atoms with E-state index in [1.807, 2.05) is 24.3 Å². The van der Waals surface area contributed by atoms with Gasteiger partial charge in [-0.2, -0.15) is 0 Å². The Morgan fingerprint density at radius 2 is 1.93 bits per heavy atom. The maximum atomic E-state index is 13.2. The molecule has 1 heterocycles. The first-order valence-electron chi connectivity index (χ1n) is 8.85. The number of hydrogen-bond donors (Lipinski definition) is 0. The minimum atomic E-state index is -0.168. The first-order chi connectivity index (χ1) is 12.9. The fourth-order valence-corrected chi connectivity index (χ4v) is 3.80. The van der Waals surface area contributed by atoms with E-state index in [1.165, 1.54) is 24.2 Å². The fraction of sp³-hybridized carbons (Fsp3) is 0.286. The molecule has 3 rings (SSSR count). The molecule has 27 heavy (non-hydrogen) atoms. The van der Waals surface area contributed by atoms with Gasteiger partial charge in [-0.25, -0.2) is 4.98 Å². The second kappa shape index (κ2) is 8.28. The topological polar surface area (TPSA) is 52.0 Å². The van der Waals surface area contributed by atoms with Gasteiger partial charge < -0.3 is 0 Å². The molecule has 0 saturated carbocycles. The number of halogens is 1. The zero-order chi connectivity index (χ0) is 19.6. The lowest BCUT2D eigenvalue weighted by atomic mass is 9.98. The first-order valence-corrected chi connectivity index (χ1v) is 10.2. The van der Waals surface area contributed by atoms with Gasteiger partial charge >= 0.3 is 0 Å². The fourth-order valence-electron chi connectivity index (χ4n) is 2.82. The largest absolute Gasteiger partial charge is 0.299 e. The predicted octanol–water partition coefficient (Wildman–Crippen LogP) is 5.23. The molecule has 0 bridgehead atoms. The van der Waals surface area contributed by atoms with Crippen LogP contribution in [-0.4, -0.2) is 21.1 Å². The van der Waals surface area contributed by atoms with Crippen LogP contribution < -0.4 is 5.56 Å². The highest BCUT2D eigenvalue weighted by molar-refractivity contribution is 7.99. The van der Waals surface area contributed by atoms with Crippen LogP contribution in [0.1, 0.15) is 38.7 Å². The van der Waals surface area contributed by atoms with E-state index in [0.29, 0.717) is 27.0 Å². The van der Waals surface area contributed by atoms with Crippen molar-refractivity contribution in [1.82, 2.24) is 9.55 Å². The number of thioether (sulfide) groups is 1. The van der Waals surface area contributed by atoms with Crippen molar-refractivity contribution in [3.8, 4) is 5.69 Å². The molecule has 0 aliphatic heterocycles. The SMILES string of the molecule is CC[C@H](C)c1ccc(-n2c(SCC(C)=O)nc3cc(Cl)ccc3c2=O)cc1. The van der Waals surface area contributed by atoms with Crippen LogP contribution in [0.15, 0.2) is 52.4 Å². The Morgan fingerprint density at radius 3 is 2.56 bits per heavy atom. The lowest BCUT2D eigenvalue weighted by Gasteiger charge is -2.15. The number of Topliss-reactive ketones (excluding diaryl/α,β-unsaturated/α-hetero) is 1. The summed E-state index contributed by atoms with van der Waals surface area (Å²) in [5.41, 5.74) is 2.33. The first kappa shape index (κ1) is 19.6. The van der Waals surface area contributed by atoms with Crippen LogP contribution in [0.2, 0.25) is 5.02 Å². The van der Waals surface area contributed by atoms with E-state index < -0.39 is 0 Å². The van der Waals surface area contributed by atoms with Crippen LogP contribution in [0, 0.1) is 0 Å². The molecule has 0 spiro atoms. The summed E-state index contributed by atoms with van der Waals surface area (Å²) in [7, 11) is 0. The molecular formula is C21H21ClN2O2S. The normalized spacial score (nSPS) is 12.3. The van der Waals surface area contributed by atoms with Crippen molar-refractivity contribution >= 4 is 40.0 Å². The van der Waals surface area contributed by atoms with Crippen LogP contribution in [0.3, 0.4) is 0 Å². The maximum absolute atomic E-state index is 13.2. The molecule has 4 nitrogen and oxygen atoms in total. The highest BCUT2D eigenvalue weighted by atomic mass is 35.5. The third-order valence-corrected chi connectivity index (χ3v) is 5.86. The summed E-state index contributed by atoms with van der Waals surface area (Å²) >= 11 is 7.32. The Balaban J connectivity index is 2.18. The van der Waals surface area contributed by atoms with Crippen LogP contribution >= 0.6 is 23.4 Å². The molecule has 0 fully saturated rings. The average molecular weight is 401 g/mol. The molecule has 0 saturated heterocycles. The molecule has 6 heteroatoms. The molecule has 0 amide bonds. The number of benzene rings is 2. The Morgan fingerprint density at radius 1 is 1.22 bits per heavy atom. The van der Waals surface area contributed by atoms with Gasteiger partial charge in [-0.3, -0.25) is 14.2 Å². The number of hydrogen-bond acceptors (Lipinski definition) is 4. The van der Waals surface area contributed by atoms with Gasteiger partial charge in [-0.15, -0.1) is 0 Å². The summed E-state index contributed by atoms with van der Waals surface area (Å²) in [4.78, 5) is 29.2. The number of rotatable bonds is 6. The van der Waals surface area contributed by atoms with Crippen molar-refractivity contribution in [2.45, 2.75) is 38.3 Å². The number of nitrogens with zero attached hydrogens (tertiary/aromatic N) is 2. The van der Waals surface area contributed by atoms with Crippen LogP contribution in [-0.2, 0) is 4.79 Å². The van der Waals surface area contributed by atoms with Crippen molar-refractivity contribution in [3.05, 3.63) is 63.4 Å². The molecule has 0 unspecified atom stereocenters. The summed E-state index contributed by atoms with van der Waals surface area (Å²) in [6.45, 7) is 5.85. The standard InChI is InChI=1S/C21H21ClN2O2S/c1-4-13(2)15-5-8-17(9-6-15)24-20(26)18-10-7-16(22)11-19(18)23-21(24)27-12-14(3)25/h5-11,13H,4,12H2,1-3H3/t13-/m0/s1. The van der Waals surface area contributed by atoms with E-state index in [-0.39, 0.29) is 17.1 Å². The predicted molar refractivity (Wildman–Crippen MR) is 112 cm³/mol. The van der Waals surface area contributed by atoms with Crippen molar-refractivity contribution in [3.63, 3.8) is 0 Å². The Kier molecular flexibility index (Phi) is 6.02. The average Bonchev–Trinajstić information content (AvgIpc) is 2.65. The number of carbonyl (C=O) groups is 1. The van der Waals surface area contributed by atoms with Gasteiger partial charge in [-0.1, -0.05) is 49.3 Å².